The van der Waals surface area contributed by atoms with Gasteiger partial charge in [-0.05, 0) is 19.3 Å². The van der Waals surface area contributed by atoms with Crippen LogP contribution in [0.2, 0.25) is 0 Å². The number of methoxy groups -OCH3 is 2. The van der Waals surface area contributed by atoms with Crippen LogP contribution in [0.5, 0.6) is 0 Å². The first kappa shape index (κ1) is 18.6. The number of carbonyl (C=O) groups excluding carboxylic acids is 4. The van der Waals surface area contributed by atoms with Crippen LogP contribution in [-0.2, 0) is 38.2 Å². The van der Waals surface area contributed by atoms with E-state index in [1.165, 1.54) is 0 Å². The molecule has 2 saturated carbocycles. The highest BCUT2D eigenvalue weighted by atomic mass is 16.5. The Bertz CT molecular complexity index is 636. The van der Waals surface area contributed by atoms with Crippen molar-refractivity contribution in [2.75, 3.05) is 14.2 Å². The molecule has 0 spiro atoms. The Morgan fingerprint density at radius 1 is 0.840 bits per heavy atom. The van der Waals surface area contributed by atoms with E-state index in [0.29, 0.717) is 0 Å². The molecule has 2 aliphatic carbocycles. The normalized spacial score (nSPS) is 34.2. The number of hydrogen-bond donors (Lipinski definition) is 2. The number of carboxylic acid groups (broad SMARTS) is 2. The zero-order valence-electron chi connectivity index (χ0n) is 13.4. The molecule has 0 saturated heterocycles. The van der Waals surface area contributed by atoms with E-state index in [1.807, 2.05) is 0 Å². The highest BCUT2D eigenvalue weighted by Crippen LogP contribution is 2.56. The number of ketones is 2. The monoisotopic (exact) mass is 356 g/mol. The second kappa shape index (κ2) is 5.94. The Kier molecular flexibility index (Phi) is 4.41. The number of hydrogen-bond acceptors (Lipinski definition) is 8. The van der Waals surface area contributed by atoms with E-state index in [1.54, 1.807) is 0 Å². The molecule has 2 aliphatic rings. The lowest BCUT2D eigenvalue weighted by atomic mass is 9.48. The molecule has 0 heterocycles. The van der Waals surface area contributed by atoms with Gasteiger partial charge in [-0.2, -0.15) is 0 Å². The van der Waals surface area contributed by atoms with Crippen molar-refractivity contribution >= 4 is 35.4 Å². The molecular weight excluding hydrogens is 340 g/mol. The summed E-state index contributed by atoms with van der Waals surface area (Å²) >= 11 is 0. The minimum absolute atomic E-state index is 0.755. The van der Waals surface area contributed by atoms with Gasteiger partial charge in [-0.15, -0.1) is 0 Å². The summed E-state index contributed by atoms with van der Waals surface area (Å²) in [6, 6.07) is 0. The number of esters is 2. The Labute approximate surface area is 141 Å². The molecule has 0 amide bonds. The van der Waals surface area contributed by atoms with Gasteiger partial charge in [-0.1, -0.05) is 0 Å². The lowest BCUT2D eigenvalue weighted by molar-refractivity contribution is -0.186. The standard InChI is InChI=1S/C15H16O10/c1-24-10(18)6-3-14(12(20)21)5-15(8(6)16,13(22)23)4-7(9(14)17)11(19)25-2/h6-7H,3-5H2,1-2H3,(H,20,21)(H,22,23)/t6-,7-,14-,15+/m1/s1. The van der Waals surface area contributed by atoms with E-state index in [2.05, 4.69) is 9.47 Å². The average molecular weight is 356 g/mol. The molecule has 2 N–H and O–H groups in total. The molecule has 2 bridgehead atoms. The van der Waals surface area contributed by atoms with Gasteiger partial charge in [0.1, 0.15) is 22.7 Å². The minimum Gasteiger partial charge on any atom is -0.480 e. The molecule has 0 aromatic rings. The van der Waals surface area contributed by atoms with Crippen molar-refractivity contribution < 1.29 is 48.5 Å². The molecule has 0 unspecified atom stereocenters. The van der Waals surface area contributed by atoms with Crippen LogP contribution in [0.3, 0.4) is 0 Å². The quantitative estimate of drug-likeness (QED) is 0.474. The van der Waals surface area contributed by atoms with Gasteiger partial charge in [0.05, 0.1) is 14.2 Å². The Morgan fingerprint density at radius 3 is 1.40 bits per heavy atom. The van der Waals surface area contributed by atoms with Crippen molar-refractivity contribution in [2.45, 2.75) is 19.3 Å². The molecule has 0 aliphatic heterocycles. The summed E-state index contributed by atoms with van der Waals surface area (Å²) in [4.78, 5) is 72.9. The van der Waals surface area contributed by atoms with Crippen molar-refractivity contribution in [2.24, 2.45) is 22.7 Å². The van der Waals surface area contributed by atoms with Crippen LogP contribution in [0, 0.1) is 22.7 Å². The Morgan fingerprint density at radius 2 is 1.16 bits per heavy atom. The van der Waals surface area contributed by atoms with Crippen molar-refractivity contribution in [3.05, 3.63) is 0 Å². The lowest BCUT2D eigenvalue weighted by Crippen LogP contribution is -2.65. The zero-order valence-corrected chi connectivity index (χ0v) is 13.4. The number of rotatable bonds is 4. The fourth-order valence-electron chi connectivity index (χ4n) is 3.79. The smallest absolute Gasteiger partial charge is 0.317 e. The minimum atomic E-state index is -2.36. The number of ether oxygens (including phenoxy) is 2. The maximum Gasteiger partial charge on any atom is 0.317 e. The maximum atomic E-state index is 12.7. The van der Waals surface area contributed by atoms with Gasteiger partial charge in [0.25, 0.3) is 0 Å². The lowest BCUT2D eigenvalue weighted by Gasteiger charge is -2.49. The molecule has 10 nitrogen and oxygen atoms in total. The largest absolute Gasteiger partial charge is 0.480 e. The molecule has 0 aromatic heterocycles. The summed E-state index contributed by atoms with van der Waals surface area (Å²) in [6.07, 6.45) is -2.33. The zero-order chi connectivity index (χ0) is 19.2. The number of carboxylic acids is 2. The number of aliphatic carboxylic acids is 2. The van der Waals surface area contributed by atoms with Crippen LogP contribution in [0.25, 0.3) is 0 Å². The molecular formula is C15H16O10. The summed E-state index contributed by atoms with van der Waals surface area (Å²) in [7, 11) is 1.92. The van der Waals surface area contributed by atoms with Crippen LogP contribution in [-0.4, -0.2) is 59.9 Å². The highest BCUT2D eigenvalue weighted by molar-refractivity contribution is 6.20. The third-order valence-electron chi connectivity index (χ3n) is 5.08. The Hall–Kier alpha value is -2.78. The second-order valence-electron chi connectivity index (χ2n) is 6.24. The second-order valence-corrected chi connectivity index (χ2v) is 6.24. The third kappa shape index (κ3) is 2.39. The summed E-state index contributed by atoms with van der Waals surface area (Å²) in [5, 5.41) is 19.2. The fourth-order valence-corrected chi connectivity index (χ4v) is 3.79. The molecule has 136 valence electrons. The van der Waals surface area contributed by atoms with Gasteiger partial charge < -0.3 is 19.7 Å². The van der Waals surface area contributed by atoms with E-state index >= 15 is 0 Å². The summed E-state index contributed by atoms with van der Waals surface area (Å²) in [6.45, 7) is 0. The predicted molar refractivity (Wildman–Crippen MR) is 75.0 cm³/mol. The van der Waals surface area contributed by atoms with Gasteiger partial charge in [0.15, 0.2) is 11.6 Å². The van der Waals surface area contributed by atoms with Gasteiger partial charge in [-0.25, -0.2) is 0 Å². The van der Waals surface area contributed by atoms with Crippen molar-refractivity contribution in [3.8, 4) is 0 Å². The highest BCUT2D eigenvalue weighted by Gasteiger charge is 2.71. The molecule has 0 radical (unpaired) electrons. The van der Waals surface area contributed by atoms with Gasteiger partial charge >= 0.3 is 23.9 Å². The first-order valence-electron chi connectivity index (χ1n) is 7.28. The van der Waals surface area contributed by atoms with E-state index in [4.69, 9.17) is 0 Å². The summed E-state index contributed by atoms with van der Waals surface area (Å²) in [5.41, 5.74) is -4.72. The van der Waals surface area contributed by atoms with E-state index in [9.17, 15) is 39.0 Å². The predicted octanol–water partition coefficient (Wildman–Crippen LogP) is -0.957. The van der Waals surface area contributed by atoms with Crippen LogP contribution >= 0.6 is 0 Å². The van der Waals surface area contributed by atoms with Crippen LogP contribution < -0.4 is 0 Å². The number of Topliss-reactive ketones (excluding diaryl/α,β-unsaturated/α-hetero) is 2. The van der Waals surface area contributed by atoms with Crippen LogP contribution in [0.15, 0.2) is 0 Å². The molecule has 2 rings (SSSR count). The number of fused-ring (bicyclic) bond motifs is 2. The SMILES string of the molecule is COC(=O)[C@@H]1C[C@]2(C(=O)O)C[C@](C(=O)O)(C[C@@H](C(=O)OC)C2=O)C1=O. The number of carbonyl (C=O) groups is 6. The fraction of sp³-hybridized carbons (Fsp3) is 0.600. The van der Waals surface area contributed by atoms with Gasteiger partial charge in [-0.3, -0.25) is 28.8 Å². The van der Waals surface area contributed by atoms with Crippen LogP contribution in [0.1, 0.15) is 19.3 Å². The summed E-state index contributed by atoms with van der Waals surface area (Å²) in [5.74, 6) is -11.2. The van der Waals surface area contributed by atoms with Crippen LogP contribution in [0.4, 0.5) is 0 Å². The maximum absolute atomic E-state index is 12.7. The van der Waals surface area contributed by atoms with Gasteiger partial charge in [0, 0.05) is 0 Å². The van der Waals surface area contributed by atoms with Crippen molar-refractivity contribution in [3.63, 3.8) is 0 Å². The van der Waals surface area contributed by atoms with E-state index < -0.39 is 77.4 Å². The topological polar surface area (TPSA) is 161 Å². The van der Waals surface area contributed by atoms with E-state index in [0.717, 1.165) is 14.2 Å². The van der Waals surface area contributed by atoms with Crippen molar-refractivity contribution in [1.29, 1.82) is 0 Å². The molecule has 2 fully saturated rings. The molecule has 4 atom stereocenters. The first-order chi connectivity index (χ1) is 11.6. The van der Waals surface area contributed by atoms with Crippen molar-refractivity contribution in [1.82, 2.24) is 0 Å². The Balaban J connectivity index is 2.71. The molecule has 25 heavy (non-hydrogen) atoms. The van der Waals surface area contributed by atoms with Gasteiger partial charge in [0.2, 0.25) is 0 Å². The first-order valence-corrected chi connectivity index (χ1v) is 7.28. The third-order valence-corrected chi connectivity index (χ3v) is 5.08. The summed E-state index contributed by atoms with van der Waals surface area (Å²) < 4.78 is 8.91. The average Bonchev–Trinajstić information content (AvgIpc) is 2.58. The molecule has 10 heteroatoms. The van der Waals surface area contributed by atoms with E-state index in [-0.39, 0.29) is 0 Å². The molecule has 0 aromatic carbocycles.